The summed E-state index contributed by atoms with van der Waals surface area (Å²) in [6.07, 6.45) is -7.51. The van der Waals surface area contributed by atoms with Crippen molar-refractivity contribution in [2.24, 2.45) is 0 Å². The van der Waals surface area contributed by atoms with Crippen molar-refractivity contribution in [3.8, 4) is 45.8 Å². The molecule has 7 aromatic rings. The molecule has 5 atom stereocenters. The van der Waals surface area contributed by atoms with Crippen molar-refractivity contribution in [1.29, 1.82) is 0 Å². The minimum absolute atomic E-state index is 0.0488. The first-order valence-corrected chi connectivity index (χ1v) is 19.8. The maximum atomic E-state index is 14.6. The summed E-state index contributed by atoms with van der Waals surface area (Å²) in [7, 11) is 0. The number of fused-ring (bicyclic) bond motifs is 1. The fourth-order valence-electron chi connectivity index (χ4n) is 6.87. The molecule has 1 aliphatic heterocycles. The van der Waals surface area contributed by atoms with E-state index in [1.165, 1.54) is 19.1 Å². The van der Waals surface area contributed by atoms with Crippen molar-refractivity contribution in [1.82, 2.24) is 0 Å². The summed E-state index contributed by atoms with van der Waals surface area (Å²) in [5.41, 5.74) is 2.85. The summed E-state index contributed by atoms with van der Waals surface area (Å²) >= 11 is 0. The van der Waals surface area contributed by atoms with Gasteiger partial charge in [-0.2, -0.15) is 0 Å². The Labute approximate surface area is 351 Å². The van der Waals surface area contributed by atoms with Gasteiger partial charge in [-0.25, -0.2) is 0 Å². The first kappa shape index (κ1) is 40.9. The van der Waals surface area contributed by atoms with Crippen LogP contribution in [0.4, 0.5) is 0 Å². The van der Waals surface area contributed by atoms with Gasteiger partial charge in [-0.3, -0.25) is 4.79 Å². The second-order valence-electron chi connectivity index (χ2n) is 14.6. The van der Waals surface area contributed by atoms with Crippen molar-refractivity contribution in [3.63, 3.8) is 0 Å². The van der Waals surface area contributed by atoms with Gasteiger partial charge in [0.1, 0.15) is 67.2 Å². The summed E-state index contributed by atoms with van der Waals surface area (Å²) in [5.74, 6) is -0.126. The summed E-state index contributed by atoms with van der Waals surface area (Å²) in [6.45, 7) is 2.08. The molecule has 8 rings (SSSR count). The lowest BCUT2D eigenvalue weighted by atomic mass is 10.00. The highest BCUT2D eigenvalue weighted by Gasteiger charge is 2.44. The number of benzene rings is 6. The Hall–Kier alpha value is -6.83. The molecule has 2 heterocycles. The first-order chi connectivity index (χ1) is 29.7. The smallest absolute Gasteiger partial charge is 0.239 e. The number of hydrogen-bond acceptors (Lipinski definition) is 12. The van der Waals surface area contributed by atoms with E-state index < -0.39 is 47.6 Å². The third-order valence-electron chi connectivity index (χ3n) is 10.2. The van der Waals surface area contributed by atoms with Gasteiger partial charge in [0.25, 0.3) is 0 Å². The molecule has 0 amide bonds. The van der Waals surface area contributed by atoms with Crippen LogP contribution in [0.25, 0.3) is 22.3 Å². The van der Waals surface area contributed by atoms with Gasteiger partial charge in [-0.05, 0) is 41.3 Å². The van der Waals surface area contributed by atoms with Gasteiger partial charge >= 0.3 is 0 Å². The first-order valence-electron chi connectivity index (χ1n) is 19.8. The second kappa shape index (κ2) is 18.6. The van der Waals surface area contributed by atoms with E-state index in [4.69, 9.17) is 32.8 Å². The molecular weight excluding hydrogens is 781 g/mol. The molecule has 0 radical (unpaired) electrons. The molecule has 1 aliphatic rings. The number of hydrogen-bond donors (Lipinski definition) is 4. The Morgan fingerprint density at radius 1 is 0.557 bits per heavy atom. The number of aliphatic hydroxyl groups is 3. The standard InChI is InChI=1S/C49H44O12/c1-30-42(51)44(53)45(54)49(59-30)61-48-43(52)41-37(50)24-36(55-26-31-14-6-2-7-15-31)25-38(41)60-46(48)35-22-39(56-27-32-16-8-3-9-17-32)47(58-29-34-20-12-5-13-21-34)40(23-35)57-28-33-18-10-4-11-19-33/h2-25,30,42,44-45,49-51,53-54H,26-29H2,1H3/t30-,42-,44-,45-,49-/m0/s1. The lowest BCUT2D eigenvalue weighted by molar-refractivity contribution is -0.268. The quantitative estimate of drug-likeness (QED) is 0.0798. The minimum atomic E-state index is -1.78. The number of aromatic hydroxyl groups is 1. The fourth-order valence-corrected chi connectivity index (χ4v) is 6.87. The van der Waals surface area contributed by atoms with E-state index in [1.54, 1.807) is 12.1 Å². The zero-order valence-electron chi connectivity index (χ0n) is 33.1. The topological polar surface area (TPSA) is 167 Å². The van der Waals surface area contributed by atoms with E-state index in [2.05, 4.69) is 0 Å². The highest BCUT2D eigenvalue weighted by Crippen LogP contribution is 2.46. The third kappa shape index (κ3) is 9.48. The molecule has 0 spiro atoms. The molecule has 12 nitrogen and oxygen atoms in total. The van der Waals surface area contributed by atoms with Crippen LogP contribution in [-0.4, -0.2) is 51.1 Å². The highest BCUT2D eigenvalue weighted by molar-refractivity contribution is 5.88. The predicted octanol–water partition coefficient (Wildman–Crippen LogP) is 7.69. The van der Waals surface area contributed by atoms with Crippen LogP contribution in [0.5, 0.6) is 34.5 Å². The molecule has 0 aliphatic carbocycles. The van der Waals surface area contributed by atoms with E-state index >= 15 is 0 Å². The Morgan fingerprint density at radius 3 is 1.54 bits per heavy atom. The second-order valence-corrected chi connectivity index (χ2v) is 14.6. The molecule has 1 saturated heterocycles. The van der Waals surface area contributed by atoms with Crippen LogP contribution in [0.15, 0.2) is 155 Å². The molecule has 1 aromatic heterocycles. The van der Waals surface area contributed by atoms with Gasteiger partial charge in [-0.15, -0.1) is 0 Å². The van der Waals surface area contributed by atoms with Crippen molar-refractivity contribution in [3.05, 3.63) is 178 Å². The van der Waals surface area contributed by atoms with Gasteiger partial charge in [0.15, 0.2) is 17.3 Å². The Balaban J connectivity index is 1.29. The SMILES string of the molecule is C[C@@H]1O[C@@H](Oc2c(-c3cc(OCc4ccccc4)c(OCc4ccccc4)c(OCc4ccccc4)c3)oc3cc(OCc4ccccc4)cc(O)c3c2=O)[C@@H](O)[C@@H](O)[C@H]1O. The summed E-state index contributed by atoms with van der Waals surface area (Å²) in [6, 6.07) is 44.1. The number of rotatable bonds is 15. The van der Waals surface area contributed by atoms with Gasteiger partial charge in [0.2, 0.25) is 23.2 Å². The zero-order valence-corrected chi connectivity index (χ0v) is 33.1. The Bertz CT molecular complexity index is 2540. The molecule has 4 N–H and O–H groups in total. The van der Waals surface area contributed by atoms with Crippen molar-refractivity contribution < 1.29 is 53.3 Å². The van der Waals surface area contributed by atoms with E-state index in [1.807, 2.05) is 121 Å². The summed E-state index contributed by atoms with van der Waals surface area (Å²) in [4.78, 5) is 14.6. The molecule has 312 valence electrons. The summed E-state index contributed by atoms with van der Waals surface area (Å²) < 4.78 is 43.9. The highest BCUT2D eigenvalue weighted by atomic mass is 16.7. The molecule has 1 fully saturated rings. The van der Waals surface area contributed by atoms with Gasteiger partial charge < -0.3 is 53.3 Å². The number of phenols is 1. The predicted molar refractivity (Wildman–Crippen MR) is 226 cm³/mol. The van der Waals surface area contributed by atoms with Crippen LogP contribution in [-0.2, 0) is 31.2 Å². The lowest BCUT2D eigenvalue weighted by Gasteiger charge is -2.38. The Morgan fingerprint density at radius 2 is 1.03 bits per heavy atom. The molecule has 0 unspecified atom stereocenters. The average Bonchev–Trinajstić information content (AvgIpc) is 3.29. The number of aliphatic hydroxyl groups excluding tert-OH is 3. The normalized spacial score (nSPS) is 18.7. The van der Waals surface area contributed by atoms with Crippen LogP contribution >= 0.6 is 0 Å². The molecule has 12 heteroatoms. The maximum absolute atomic E-state index is 14.6. The van der Waals surface area contributed by atoms with Gasteiger partial charge in [0, 0.05) is 17.7 Å². The van der Waals surface area contributed by atoms with Crippen LogP contribution in [0.2, 0.25) is 0 Å². The van der Waals surface area contributed by atoms with E-state index in [9.17, 15) is 25.2 Å². The van der Waals surface area contributed by atoms with Crippen LogP contribution in [0.3, 0.4) is 0 Å². The van der Waals surface area contributed by atoms with E-state index in [-0.39, 0.29) is 71.7 Å². The minimum Gasteiger partial charge on any atom is -0.507 e. The molecule has 61 heavy (non-hydrogen) atoms. The van der Waals surface area contributed by atoms with Crippen LogP contribution in [0, 0.1) is 0 Å². The van der Waals surface area contributed by atoms with Gasteiger partial charge in [-0.1, -0.05) is 121 Å². The Kier molecular flexibility index (Phi) is 12.5. The van der Waals surface area contributed by atoms with E-state index in [0.717, 1.165) is 22.3 Å². The van der Waals surface area contributed by atoms with Crippen molar-refractivity contribution >= 4 is 11.0 Å². The van der Waals surface area contributed by atoms with Crippen molar-refractivity contribution in [2.45, 2.75) is 64.1 Å². The monoisotopic (exact) mass is 824 g/mol. The molecule has 0 bridgehead atoms. The average molecular weight is 825 g/mol. The third-order valence-corrected chi connectivity index (χ3v) is 10.2. The van der Waals surface area contributed by atoms with Crippen molar-refractivity contribution in [2.75, 3.05) is 0 Å². The number of ether oxygens (including phenoxy) is 6. The number of phenolic OH excluding ortho intramolecular Hbond substituents is 1. The fraction of sp³-hybridized carbons (Fsp3) is 0.204. The molecule has 6 aromatic carbocycles. The largest absolute Gasteiger partial charge is 0.507 e. The van der Waals surface area contributed by atoms with Crippen LogP contribution < -0.4 is 29.1 Å². The molecular formula is C49H44O12. The molecule has 0 saturated carbocycles. The zero-order chi connectivity index (χ0) is 42.3. The lowest BCUT2D eigenvalue weighted by Crippen LogP contribution is -2.58. The summed E-state index contributed by atoms with van der Waals surface area (Å²) in [5, 5.41) is 43.2. The maximum Gasteiger partial charge on any atom is 0.239 e. The van der Waals surface area contributed by atoms with Crippen LogP contribution in [0.1, 0.15) is 29.2 Å². The van der Waals surface area contributed by atoms with Gasteiger partial charge in [0.05, 0.1) is 6.10 Å². The van der Waals surface area contributed by atoms with E-state index in [0.29, 0.717) is 0 Å².